The Kier molecular flexibility index (Phi) is 7.03. The van der Waals surface area contributed by atoms with Crippen LogP contribution in [0, 0.1) is 0 Å². The lowest BCUT2D eigenvalue weighted by atomic mass is 9.97. The highest BCUT2D eigenvalue weighted by atomic mass is 32.2. The van der Waals surface area contributed by atoms with Crippen LogP contribution >= 0.6 is 0 Å². The van der Waals surface area contributed by atoms with Gasteiger partial charge < -0.3 is 9.47 Å². The van der Waals surface area contributed by atoms with Crippen LogP contribution < -0.4 is 9.47 Å². The van der Waals surface area contributed by atoms with Crippen LogP contribution in [0.4, 0.5) is 0 Å². The summed E-state index contributed by atoms with van der Waals surface area (Å²) < 4.78 is 42.1. The summed E-state index contributed by atoms with van der Waals surface area (Å²) in [6.07, 6.45) is 2.24. The number of hydrogen-bond acceptors (Lipinski definition) is 6. The van der Waals surface area contributed by atoms with Crippen LogP contribution in [0.3, 0.4) is 0 Å². The third kappa shape index (κ3) is 4.96. The first-order valence-electron chi connectivity index (χ1n) is 13.1. The first kappa shape index (κ1) is 26.3. The molecule has 8 nitrogen and oxygen atoms in total. The molecule has 0 saturated heterocycles. The molecule has 0 fully saturated rings. The van der Waals surface area contributed by atoms with E-state index in [4.69, 9.17) is 19.7 Å². The van der Waals surface area contributed by atoms with Crippen molar-refractivity contribution in [2.75, 3.05) is 14.2 Å². The molecule has 0 bridgehead atoms. The zero-order valence-corrected chi connectivity index (χ0v) is 23.4. The van der Waals surface area contributed by atoms with Gasteiger partial charge in [-0.25, -0.2) is 4.68 Å². The fourth-order valence-electron chi connectivity index (χ4n) is 5.00. The number of hydrazone groups is 1. The molecule has 0 spiro atoms. The van der Waals surface area contributed by atoms with Crippen molar-refractivity contribution < 1.29 is 17.9 Å². The quantitative estimate of drug-likeness (QED) is 0.227. The van der Waals surface area contributed by atoms with Crippen molar-refractivity contribution in [3.63, 3.8) is 0 Å². The number of rotatable bonds is 8. The van der Waals surface area contributed by atoms with Crippen LogP contribution in [0.25, 0.3) is 16.9 Å². The summed E-state index contributed by atoms with van der Waals surface area (Å²) in [5, 5.41) is 9.68. The number of nitrogens with zero attached hydrogens (tertiary/aromatic N) is 4. The standard InChI is InChI=1S/C32H28N4O4S/c1-39-30-19-18-24(20-31(30)40-2)28-21-29(36(33-28)41(37,38)26-16-10-5-11-17-26)27-22-35(25-14-8-4-9-15-25)34-32(27)23-12-6-3-7-13-23/h3-20,22,29H,21H2,1-2H3/t29-/m1/s1. The van der Waals surface area contributed by atoms with Crippen LogP contribution in [-0.2, 0) is 10.0 Å². The minimum atomic E-state index is -4.01. The van der Waals surface area contributed by atoms with Gasteiger partial charge in [-0.1, -0.05) is 66.7 Å². The van der Waals surface area contributed by atoms with Gasteiger partial charge in [0.1, 0.15) is 0 Å². The number of sulfonamides is 1. The van der Waals surface area contributed by atoms with Crippen LogP contribution in [0.5, 0.6) is 11.5 Å². The molecule has 0 radical (unpaired) electrons. The minimum Gasteiger partial charge on any atom is -0.493 e. The largest absolute Gasteiger partial charge is 0.493 e. The summed E-state index contributed by atoms with van der Waals surface area (Å²) in [6, 6.07) is 32.7. The van der Waals surface area contributed by atoms with E-state index in [1.807, 2.05) is 79.0 Å². The highest BCUT2D eigenvalue weighted by molar-refractivity contribution is 7.89. The zero-order valence-electron chi connectivity index (χ0n) is 22.6. The molecule has 206 valence electrons. The van der Waals surface area contributed by atoms with Crippen molar-refractivity contribution in [2.24, 2.45) is 5.10 Å². The van der Waals surface area contributed by atoms with E-state index in [2.05, 4.69) is 0 Å². The maximum atomic E-state index is 14.1. The highest BCUT2D eigenvalue weighted by Crippen LogP contribution is 2.42. The van der Waals surface area contributed by atoms with E-state index in [0.717, 1.165) is 22.4 Å². The Labute approximate surface area is 239 Å². The molecule has 0 N–H and O–H groups in total. The number of aromatic nitrogens is 2. The predicted molar refractivity (Wildman–Crippen MR) is 158 cm³/mol. The summed E-state index contributed by atoms with van der Waals surface area (Å²) in [7, 11) is -0.867. The topological polar surface area (TPSA) is 86.0 Å². The summed E-state index contributed by atoms with van der Waals surface area (Å²) in [6.45, 7) is 0. The van der Waals surface area contributed by atoms with E-state index in [1.54, 1.807) is 55.3 Å². The van der Waals surface area contributed by atoms with E-state index in [-0.39, 0.29) is 4.90 Å². The first-order valence-corrected chi connectivity index (χ1v) is 14.5. The van der Waals surface area contributed by atoms with Crippen molar-refractivity contribution in [1.82, 2.24) is 14.2 Å². The van der Waals surface area contributed by atoms with E-state index in [1.165, 1.54) is 4.41 Å². The van der Waals surface area contributed by atoms with Gasteiger partial charge in [-0.15, -0.1) is 0 Å². The SMILES string of the molecule is COc1ccc(C2=NN(S(=O)(=O)c3ccccc3)[C@@H](c3cn(-c4ccccc4)nc3-c3ccccc3)C2)cc1OC. The smallest absolute Gasteiger partial charge is 0.279 e. The third-order valence-corrected chi connectivity index (χ3v) is 8.74. The second kappa shape index (κ2) is 10.9. The molecule has 0 saturated carbocycles. The Balaban J connectivity index is 1.52. The molecular formula is C32H28N4O4S. The molecule has 0 unspecified atom stereocenters. The minimum absolute atomic E-state index is 0.166. The number of para-hydroxylation sites is 1. The van der Waals surface area contributed by atoms with Crippen molar-refractivity contribution in [3.05, 3.63) is 127 Å². The summed E-state index contributed by atoms with van der Waals surface area (Å²) in [4.78, 5) is 0.166. The lowest BCUT2D eigenvalue weighted by Gasteiger charge is -2.23. The van der Waals surface area contributed by atoms with Crippen LogP contribution in [0.2, 0.25) is 0 Å². The van der Waals surface area contributed by atoms with Crippen molar-refractivity contribution in [3.8, 4) is 28.4 Å². The van der Waals surface area contributed by atoms with Crippen molar-refractivity contribution >= 4 is 15.7 Å². The molecule has 5 aromatic rings. The first-order chi connectivity index (χ1) is 20.0. The molecule has 1 aromatic heterocycles. The summed E-state index contributed by atoms with van der Waals surface area (Å²) >= 11 is 0. The average Bonchev–Trinajstić information content (AvgIpc) is 3.68. The number of benzene rings is 4. The predicted octanol–water partition coefficient (Wildman–Crippen LogP) is 6.10. The lowest BCUT2D eigenvalue weighted by molar-refractivity contribution is 0.355. The van der Waals surface area contributed by atoms with Crippen LogP contribution in [0.1, 0.15) is 23.6 Å². The Hall–Kier alpha value is -4.89. The molecule has 4 aromatic carbocycles. The monoisotopic (exact) mass is 564 g/mol. The summed E-state index contributed by atoms with van der Waals surface area (Å²) in [5.41, 5.74) is 4.55. The second-order valence-corrected chi connectivity index (χ2v) is 11.3. The lowest BCUT2D eigenvalue weighted by Crippen LogP contribution is -2.27. The van der Waals surface area contributed by atoms with Gasteiger partial charge in [-0.05, 0) is 42.5 Å². The Bertz CT molecular complexity index is 1810. The van der Waals surface area contributed by atoms with Crippen molar-refractivity contribution in [1.29, 1.82) is 0 Å². The number of methoxy groups -OCH3 is 2. The van der Waals surface area contributed by atoms with E-state index >= 15 is 0 Å². The maximum Gasteiger partial charge on any atom is 0.279 e. The maximum absolute atomic E-state index is 14.1. The Morgan fingerprint density at radius 1 is 0.756 bits per heavy atom. The summed E-state index contributed by atoms with van der Waals surface area (Å²) in [5.74, 6) is 1.12. The second-order valence-electron chi connectivity index (χ2n) is 9.51. The number of hydrogen-bond donors (Lipinski definition) is 0. The normalized spacial score (nSPS) is 15.0. The molecule has 9 heteroatoms. The molecule has 1 aliphatic rings. The molecule has 0 amide bonds. The van der Waals surface area contributed by atoms with Gasteiger partial charge in [0, 0.05) is 29.3 Å². The molecule has 6 rings (SSSR count). The van der Waals surface area contributed by atoms with Gasteiger partial charge in [0.05, 0.1) is 42.2 Å². The Morgan fingerprint density at radius 2 is 1.39 bits per heavy atom. The number of ether oxygens (including phenoxy) is 2. The van der Waals surface area contributed by atoms with Crippen LogP contribution in [0.15, 0.2) is 125 Å². The van der Waals surface area contributed by atoms with E-state index in [0.29, 0.717) is 29.3 Å². The van der Waals surface area contributed by atoms with Crippen LogP contribution in [-0.4, -0.2) is 42.5 Å². The molecular weight excluding hydrogens is 536 g/mol. The molecule has 0 aliphatic carbocycles. The van der Waals surface area contributed by atoms with Gasteiger partial charge in [-0.2, -0.15) is 23.0 Å². The molecule has 1 aliphatic heterocycles. The molecule has 2 heterocycles. The molecule has 41 heavy (non-hydrogen) atoms. The Morgan fingerprint density at radius 3 is 2.05 bits per heavy atom. The van der Waals surface area contributed by atoms with Gasteiger partial charge in [0.25, 0.3) is 10.0 Å². The van der Waals surface area contributed by atoms with E-state index in [9.17, 15) is 8.42 Å². The average molecular weight is 565 g/mol. The highest BCUT2D eigenvalue weighted by Gasteiger charge is 2.40. The third-order valence-electron chi connectivity index (χ3n) is 7.05. The van der Waals surface area contributed by atoms with Gasteiger partial charge in [0.15, 0.2) is 11.5 Å². The van der Waals surface area contributed by atoms with Gasteiger partial charge in [0.2, 0.25) is 0 Å². The fraction of sp³-hybridized carbons (Fsp3) is 0.125. The van der Waals surface area contributed by atoms with E-state index < -0.39 is 16.1 Å². The fourth-order valence-corrected chi connectivity index (χ4v) is 6.44. The molecule has 1 atom stereocenters. The van der Waals surface area contributed by atoms with Gasteiger partial charge >= 0.3 is 0 Å². The van der Waals surface area contributed by atoms with Gasteiger partial charge in [-0.3, -0.25) is 0 Å². The zero-order chi connectivity index (χ0) is 28.4. The van der Waals surface area contributed by atoms with Crippen molar-refractivity contribution in [2.45, 2.75) is 17.4 Å².